The maximum atomic E-state index is 12.7. The Labute approximate surface area is 122 Å². The van der Waals surface area contributed by atoms with E-state index in [0.29, 0.717) is 10.0 Å². The fourth-order valence-electron chi connectivity index (χ4n) is 1.82. The Morgan fingerprint density at radius 1 is 1.10 bits per heavy atom. The number of carbonyl (C=O) groups is 1. The summed E-state index contributed by atoms with van der Waals surface area (Å²) in [5.74, 6) is -0.438. The van der Waals surface area contributed by atoms with Crippen molar-refractivity contribution in [1.29, 1.82) is 0 Å². The number of rotatable bonds is 2. The van der Waals surface area contributed by atoms with Crippen LogP contribution in [0.25, 0.3) is 0 Å². The van der Waals surface area contributed by atoms with Gasteiger partial charge in [0.2, 0.25) is 0 Å². The van der Waals surface area contributed by atoms with Crippen molar-refractivity contribution in [2.75, 3.05) is 0 Å². The minimum Gasteiger partial charge on any atom is -0.289 e. The second kappa shape index (κ2) is 5.40. The lowest BCUT2D eigenvalue weighted by Crippen LogP contribution is -2.08. The first-order valence-corrected chi connectivity index (χ1v) is 6.57. The van der Waals surface area contributed by atoms with Crippen LogP contribution in [0.1, 0.15) is 27.0 Å². The Hall–Kier alpha value is -1.62. The summed E-state index contributed by atoms with van der Waals surface area (Å²) in [5.41, 5.74) is 0.394. The largest absolute Gasteiger partial charge is 0.416 e. The Morgan fingerprint density at radius 3 is 2.40 bits per heavy atom. The third kappa shape index (κ3) is 2.93. The summed E-state index contributed by atoms with van der Waals surface area (Å²) in [6.45, 7) is 1.81. The highest BCUT2D eigenvalue weighted by Gasteiger charge is 2.31. The van der Waals surface area contributed by atoms with Gasteiger partial charge in [-0.25, -0.2) is 0 Å². The average molecular weight is 343 g/mol. The molecule has 1 nitrogen and oxygen atoms in total. The van der Waals surface area contributed by atoms with Crippen LogP contribution in [0, 0.1) is 6.92 Å². The molecule has 2 aromatic carbocycles. The average Bonchev–Trinajstić information content (AvgIpc) is 2.40. The van der Waals surface area contributed by atoms with Crippen molar-refractivity contribution >= 4 is 21.7 Å². The van der Waals surface area contributed by atoms with E-state index in [1.807, 2.05) is 13.0 Å². The zero-order valence-corrected chi connectivity index (χ0v) is 12.0. The number of benzene rings is 2. The van der Waals surface area contributed by atoms with Gasteiger partial charge in [0, 0.05) is 15.6 Å². The second-order valence-electron chi connectivity index (χ2n) is 4.34. The molecule has 0 bridgehead atoms. The van der Waals surface area contributed by atoms with Crippen molar-refractivity contribution in [3.8, 4) is 0 Å². The van der Waals surface area contributed by atoms with Gasteiger partial charge in [-0.2, -0.15) is 13.2 Å². The first-order valence-electron chi connectivity index (χ1n) is 5.78. The molecule has 0 heterocycles. The molecule has 0 fully saturated rings. The minimum absolute atomic E-state index is 0.0196. The van der Waals surface area contributed by atoms with Crippen molar-refractivity contribution in [2.24, 2.45) is 0 Å². The molecule has 0 unspecified atom stereocenters. The van der Waals surface area contributed by atoms with Crippen molar-refractivity contribution in [2.45, 2.75) is 13.1 Å². The van der Waals surface area contributed by atoms with Crippen LogP contribution in [0.2, 0.25) is 0 Å². The molecule has 0 aromatic heterocycles. The van der Waals surface area contributed by atoms with Crippen LogP contribution in [-0.4, -0.2) is 5.78 Å². The van der Waals surface area contributed by atoms with Crippen LogP contribution >= 0.6 is 15.9 Å². The van der Waals surface area contributed by atoms with Crippen molar-refractivity contribution in [3.05, 3.63) is 69.2 Å². The molecule has 0 amide bonds. The molecule has 5 heteroatoms. The predicted octanol–water partition coefficient (Wildman–Crippen LogP) is 5.01. The highest BCUT2D eigenvalue weighted by molar-refractivity contribution is 9.10. The van der Waals surface area contributed by atoms with Gasteiger partial charge < -0.3 is 0 Å². The number of alkyl halides is 3. The zero-order chi connectivity index (χ0) is 14.9. The normalized spacial score (nSPS) is 11.4. The van der Waals surface area contributed by atoms with Crippen LogP contribution < -0.4 is 0 Å². The fourth-order valence-corrected chi connectivity index (χ4v) is 2.26. The zero-order valence-electron chi connectivity index (χ0n) is 10.5. The van der Waals surface area contributed by atoms with E-state index in [1.165, 1.54) is 12.1 Å². The monoisotopic (exact) mass is 342 g/mol. The number of carbonyl (C=O) groups excluding carboxylic acids is 1. The standard InChI is InChI=1S/C15H10BrF3O/c1-9-4-2-7-12(13(9)16)14(20)10-5-3-6-11(8-10)15(17,18)19/h2-8H,1H3. The van der Waals surface area contributed by atoms with Crippen LogP contribution in [0.15, 0.2) is 46.9 Å². The number of hydrogen-bond acceptors (Lipinski definition) is 1. The highest BCUT2D eigenvalue weighted by atomic mass is 79.9. The number of ketones is 1. The van der Waals surface area contributed by atoms with Crippen molar-refractivity contribution in [1.82, 2.24) is 0 Å². The van der Waals surface area contributed by atoms with Crippen LogP contribution in [0.3, 0.4) is 0 Å². The Kier molecular flexibility index (Phi) is 3.99. The molecule has 2 aromatic rings. The number of hydrogen-bond donors (Lipinski definition) is 0. The van der Waals surface area contributed by atoms with Gasteiger partial charge in [0.15, 0.2) is 5.78 Å². The summed E-state index contributed by atoms with van der Waals surface area (Å²) in [5, 5.41) is 0. The Bertz CT molecular complexity index is 662. The molecular weight excluding hydrogens is 333 g/mol. The molecule has 104 valence electrons. The van der Waals surface area contributed by atoms with Crippen molar-refractivity contribution < 1.29 is 18.0 Å². The Balaban J connectivity index is 2.47. The van der Waals surface area contributed by atoms with Crippen LogP contribution in [0.5, 0.6) is 0 Å². The maximum Gasteiger partial charge on any atom is 0.416 e. The summed E-state index contributed by atoms with van der Waals surface area (Å²) in [6.07, 6.45) is -4.46. The van der Waals surface area contributed by atoms with E-state index in [9.17, 15) is 18.0 Å². The van der Waals surface area contributed by atoms with Gasteiger partial charge >= 0.3 is 6.18 Å². The minimum atomic E-state index is -4.46. The Morgan fingerprint density at radius 2 is 1.75 bits per heavy atom. The quantitative estimate of drug-likeness (QED) is 0.701. The van der Waals surface area contributed by atoms with E-state index in [4.69, 9.17) is 0 Å². The first kappa shape index (κ1) is 14.8. The van der Waals surface area contributed by atoms with Gasteiger partial charge in [-0.1, -0.05) is 24.3 Å². The summed E-state index contributed by atoms with van der Waals surface area (Å²) in [7, 11) is 0. The lowest BCUT2D eigenvalue weighted by molar-refractivity contribution is -0.137. The third-order valence-corrected chi connectivity index (χ3v) is 3.94. The third-order valence-electron chi connectivity index (χ3n) is 2.89. The molecule has 0 aliphatic rings. The van der Waals surface area contributed by atoms with Gasteiger partial charge in [0.1, 0.15) is 0 Å². The summed E-state index contributed by atoms with van der Waals surface area (Å²) >= 11 is 3.29. The van der Waals surface area contributed by atoms with E-state index < -0.39 is 17.5 Å². The molecule has 0 N–H and O–H groups in total. The molecule has 0 aliphatic carbocycles. The van der Waals surface area contributed by atoms with Crippen LogP contribution in [0.4, 0.5) is 13.2 Å². The maximum absolute atomic E-state index is 12.7. The first-order chi connectivity index (χ1) is 9.30. The SMILES string of the molecule is Cc1cccc(C(=O)c2cccc(C(F)(F)F)c2)c1Br. The molecule has 0 atom stereocenters. The molecule has 20 heavy (non-hydrogen) atoms. The molecular formula is C15H10BrF3O. The van der Waals surface area contributed by atoms with Crippen LogP contribution in [-0.2, 0) is 6.18 Å². The van der Waals surface area contributed by atoms with E-state index in [0.717, 1.165) is 17.7 Å². The molecule has 0 aliphatic heterocycles. The number of aryl methyl sites for hydroxylation is 1. The lowest BCUT2D eigenvalue weighted by Gasteiger charge is -2.09. The summed E-state index contributed by atoms with van der Waals surface area (Å²) < 4.78 is 38.6. The predicted molar refractivity (Wildman–Crippen MR) is 73.8 cm³/mol. The lowest BCUT2D eigenvalue weighted by atomic mass is 10.00. The highest BCUT2D eigenvalue weighted by Crippen LogP contribution is 2.31. The number of halogens is 4. The summed E-state index contributed by atoms with van der Waals surface area (Å²) in [6, 6.07) is 9.53. The van der Waals surface area contributed by atoms with Gasteiger partial charge in [-0.15, -0.1) is 0 Å². The molecule has 2 rings (SSSR count). The molecule has 0 spiro atoms. The topological polar surface area (TPSA) is 17.1 Å². The van der Waals surface area contributed by atoms with Gasteiger partial charge in [-0.3, -0.25) is 4.79 Å². The smallest absolute Gasteiger partial charge is 0.289 e. The molecule has 0 radical (unpaired) electrons. The van der Waals surface area contributed by atoms with Crippen molar-refractivity contribution in [3.63, 3.8) is 0 Å². The van der Waals surface area contributed by atoms with Gasteiger partial charge in [0.05, 0.1) is 5.56 Å². The van der Waals surface area contributed by atoms with Gasteiger partial charge in [0.25, 0.3) is 0 Å². The summed E-state index contributed by atoms with van der Waals surface area (Å²) in [4.78, 5) is 12.3. The molecule has 0 saturated heterocycles. The van der Waals surface area contributed by atoms with E-state index in [-0.39, 0.29) is 5.56 Å². The molecule has 0 saturated carbocycles. The fraction of sp³-hybridized carbons (Fsp3) is 0.133. The van der Waals surface area contributed by atoms with E-state index in [1.54, 1.807) is 12.1 Å². The van der Waals surface area contributed by atoms with E-state index in [2.05, 4.69) is 15.9 Å². The van der Waals surface area contributed by atoms with Gasteiger partial charge in [-0.05, 0) is 46.6 Å². The second-order valence-corrected chi connectivity index (χ2v) is 5.14. The van der Waals surface area contributed by atoms with E-state index >= 15 is 0 Å².